The number of carbonyl (C=O) groups excluding carboxylic acids is 1. The summed E-state index contributed by atoms with van der Waals surface area (Å²) in [5.74, 6) is -0.120. The van der Waals surface area contributed by atoms with Gasteiger partial charge in [0.1, 0.15) is 5.76 Å². The standard InChI is InChI=1S/C26H20N2O2/c1-15(20-12-11-17-7-5-6-10-21(17)28-20)23-25(29)24(26(23)30)16(2)22-13-18-8-3-4-9-19(18)14-27-22/h3-14,28-29H,1-2H3. The number of hydrogen-bond acceptors (Lipinski definition) is 4. The normalized spacial score (nSPS) is 18.7. The summed E-state index contributed by atoms with van der Waals surface area (Å²) in [7, 11) is 0. The van der Waals surface area contributed by atoms with Crippen molar-refractivity contribution in [3.8, 4) is 0 Å². The summed E-state index contributed by atoms with van der Waals surface area (Å²) < 4.78 is 0. The fourth-order valence-corrected chi connectivity index (χ4v) is 3.98. The zero-order valence-corrected chi connectivity index (χ0v) is 16.7. The maximum atomic E-state index is 13.0. The van der Waals surface area contributed by atoms with E-state index in [0.29, 0.717) is 22.4 Å². The quantitative estimate of drug-likeness (QED) is 0.540. The highest BCUT2D eigenvalue weighted by Gasteiger charge is 2.37. The van der Waals surface area contributed by atoms with Crippen LogP contribution in [0.15, 0.2) is 95.0 Å². The van der Waals surface area contributed by atoms with Crippen LogP contribution in [0, 0.1) is 0 Å². The van der Waals surface area contributed by atoms with Crippen molar-refractivity contribution in [2.75, 3.05) is 5.32 Å². The number of para-hydroxylation sites is 1. The van der Waals surface area contributed by atoms with Gasteiger partial charge in [-0.3, -0.25) is 9.78 Å². The molecule has 4 heteroatoms. The number of anilines is 1. The van der Waals surface area contributed by atoms with Gasteiger partial charge in [-0.05, 0) is 54.2 Å². The molecule has 146 valence electrons. The molecular formula is C26H20N2O2. The van der Waals surface area contributed by atoms with Crippen LogP contribution < -0.4 is 5.32 Å². The Bertz CT molecular complexity index is 1360. The Morgan fingerprint density at radius 2 is 1.67 bits per heavy atom. The number of fused-ring (bicyclic) bond motifs is 2. The Labute approximate surface area is 174 Å². The molecule has 2 heterocycles. The van der Waals surface area contributed by atoms with Crippen LogP contribution in [0.1, 0.15) is 25.1 Å². The van der Waals surface area contributed by atoms with Gasteiger partial charge in [-0.25, -0.2) is 0 Å². The Balaban J connectivity index is 1.54. The third-order valence-electron chi connectivity index (χ3n) is 5.76. The van der Waals surface area contributed by atoms with E-state index in [-0.39, 0.29) is 11.5 Å². The lowest BCUT2D eigenvalue weighted by atomic mass is 9.79. The number of Topliss-reactive ketones (excluding diaryl/α,β-unsaturated/α-hetero) is 1. The highest BCUT2D eigenvalue weighted by Crippen LogP contribution is 2.40. The average molecular weight is 392 g/mol. The van der Waals surface area contributed by atoms with Crippen molar-refractivity contribution in [3.05, 3.63) is 106 Å². The van der Waals surface area contributed by atoms with E-state index in [1.807, 2.05) is 80.6 Å². The lowest BCUT2D eigenvalue weighted by Gasteiger charge is -2.26. The van der Waals surface area contributed by atoms with Gasteiger partial charge in [0.15, 0.2) is 0 Å². The first-order valence-electron chi connectivity index (χ1n) is 9.84. The number of aromatic nitrogens is 1. The van der Waals surface area contributed by atoms with Crippen LogP contribution in [-0.2, 0) is 4.79 Å². The molecule has 0 fully saturated rings. The summed E-state index contributed by atoms with van der Waals surface area (Å²) in [4.78, 5) is 17.5. The maximum Gasteiger partial charge on any atom is 0.201 e. The van der Waals surface area contributed by atoms with Gasteiger partial charge in [0, 0.05) is 23.0 Å². The summed E-state index contributed by atoms with van der Waals surface area (Å²) in [6.07, 6.45) is 5.73. The highest BCUT2D eigenvalue weighted by molar-refractivity contribution is 6.25. The third kappa shape index (κ3) is 2.77. The molecule has 0 bridgehead atoms. The minimum atomic E-state index is -0.154. The molecule has 5 rings (SSSR count). The SMILES string of the molecule is CC(=C1C=Cc2ccccc2N1)C1=C(O)C(=C(C)c2cc3ccccc3cn2)C1=O. The molecular weight excluding hydrogens is 372 g/mol. The molecule has 0 radical (unpaired) electrons. The zero-order valence-electron chi connectivity index (χ0n) is 16.7. The van der Waals surface area contributed by atoms with Gasteiger partial charge in [0.25, 0.3) is 0 Å². The average Bonchev–Trinajstić information content (AvgIpc) is 2.78. The number of aliphatic hydroxyl groups is 1. The van der Waals surface area contributed by atoms with Crippen LogP contribution in [0.4, 0.5) is 5.69 Å². The molecule has 0 saturated carbocycles. The number of pyridine rings is 1. The number of hydrogen-bond donors (Lipinski definition) is 2. The van der Waals surface area contributed by atoms with E-state index in [2.05, 4.69) is 10.3 Å². The van der Waals surface area contributed by atoms with E-state index in [9.17, 15) is 9.90 Å². The lowest BCUT2D eigenvalue weighted by molar-refractivity contribution is -0.113. The van der Waals surface area contributed by atoms with Crippen LogP contribution in [0.25, 0.3) is 22.4 Å². The van der Waals surface area contributed by atoms with Crippen molar-refractivity contribution >= 4 is 33.9 Å². The molecule has 0 saturated heterocycles. The number of benzene rings is 2. The molecule has 2 aliphatic rings. The van der Waals surface area contributed by atoms with Gasteiger partial charge in [-0.2, -0.15) is 0 Å². The molecule has 1 aliphatic heterocycles. The van der Waals surface area contributed by atoms with E-state index in [4.69, 9.17) is 0 Å². The van der Waals surface area contributed by atoms with E-state index in [1.54, 1.807) is 6.20 Å². The third-order valence-corrected chi connectivity index (χ3v) is 5.76. The predicted molar refractivity (Wildman–Crippen MR) is 121 cm³/mol. The summed E-state index contributed by atoms with van der Waals surface area (Å²) in [6, 6.07) is 17.9. The first-order chi connectivity index (χ1) is 14.5. The molecule has 0 unspecified atom stereocenters. The molecule has 2 aromatic carbocycles. The molecule has 1 aliphatic carbocycles. The van der Waals surface area contributed by atoms with Crippen molar-refractivity contribution in [2.24, 2.45) is 0 Å². The molecule has 30 heavy (non-hydrogen) atoms. The summed E-state index contributed by atoms with van der Waals surface area (Å²) >= 11 is 0. The molecule has 4 nitrogen and oxygen atoms in total. The monoisotopic (exact) mass is 392 g/mol. The number of allylic oxidation sites excluding steroid dienone is 5. The molecule has 1 aromatic heterocycles. The Kier molecular flexibility index (Phi) is 4.14. The van der Waals surface area contributed by atoms with E-state index < -0.39 is 0 Å². The van der Waals surface area contributed by atoms with Gasteiger partial charge in [-0.1, -0.05) is 48.5 Å². The number of aliphatic hydroxyl groups excluding tert-OH is 1. The van der Waals surface area contributed by atoms with Crippen molar-refractivity contribution in [1.29, 1.82) is 0 Å². The molecule has 3 aromatic rings. The zero-order chi connectivity index (χ0) is 20.8. The van der Waals surface area contributed by atoms with Gasteiger partial charge in [0.2, 0.25) is 5.78 Å². The number of carbonyl (C=O) groups is 1. The van der Waals surface area contributed by atoms with Crippen molar-refractivity contribution in [2.45, 2.75) is 13.8 Å². The predicted octanol–water partition coefficient (Wildman–Crippen LogP) is 5.82. The van der Waals surface area contributed by atoms with Crippen molar-refractivity contribution in [1.82, 2.24) is 4.98 Å². The highest BCUT2D eigenvalue weighted by atomic mass is 16.3. The fourth-order valence-electron chi connectivity index (χ4n) is 3.98. The Hall–Kier alpha value is -3.92. The van der Waals surface area contributed by atoms with E-state index in [0.717, 1.165) is 33.3 Å². The molecule has 0 spiro atoms. The van der Waals surface area contributed by atoms with Crippen LogP contribution >= 0.6 is 0 Å². The second kappa shape index (κ2) is 6.85. The maximum absolute atomic E-state index is 13.0. The minimum absolute atomic E-state index is 0.0338. The largest absolute Gasteiger partial charge is 0.506 e. The van der Waals surface area contributed by atoms with Gasteiger partial charge in [0.05, 0.1) is 16.8 Å². The summed E-state index contributed by atoms with van der Waals surface area (Å²) in [6.45, 7) is 3.68. The smallest absolute Gasteiger partial charge is 0.201 e. The second-order valence-electron chi connectivity index (χ2n) is 7.55. The second-order valence-corrected chi connectivity index (χ2v) is 7.55. The number of ketones is 1. The van der Waals surface area contributed by atoms with Crippen LogP contribution in [0.3, 0.4) is 0 Å². The summed E-state index contributed by atoms with van der Waals surface area (Å²) in [5.41, 5.74) is 5.68. The molecule has 0 atom stereocenters. The van der Waals surface area contributed by atoms with Gasteiger partial charge < -0.3 is 10.4 Å². The van der Waals surface area contributed by atoms with E-state index in [1.165, 1.54) is 0 Å². The van der Waals surface area contributed by atoms with Gasteiger partial charge >= 0.3 is 0 Å². The Morgan fingerprint density at radius 3 is 2.47 bits per heavy atom. The van der Waals surface area contributed by atoms with Crippen molar-refractivity contribution < 1.29 is 9.90 Å². The number of nitrogens with zero attached hydrogens (tertiary/aromatic N) is 1. The number of nitrogens with one attached hydrogen (secondary N) is 1. The van der Waals surface area contributed by atoms with Crippen LogP contribution in [0.2, 0.25) is 0 Å². The summed E-state index contributed by atoms with van der Waals surface area (Å²) in [5, 5.41) is 16.2. The van der Waals surface area contributed by atoms with E-state index >= 15 is 0 Å². The first-order valence-corrected chi connectivity index (χ1v) is 9.84. The number of rotatable bonds is 2. The first kappa shape index (κ1) is 18.1. The van der Waals surface area contributed by atoms with Gasteiger partial charge in [-0.15, -0.1) is 0 Å². The molecule has 2 N–H and O–H groups in total. The molecule has 0 amide bonds. The fraction of sp³-hybridized carbons (Fsp3) is 0.0769. The van der Waals surface area contributed by atoms with Crippen molar-refractivity contribution in [3.63, 3.8) is 0 Å². The lowest BCUT2D eigenvalue weighted by Crippen LogP contribution is -2.25. The van der Waals surface area contributed by atoms with Crippen LogP contribution in [0.5, 0.6) is 0 Å². The minimum Gasteiger partial charge on any atom is -0.506 e. The van der Waals surface area contributed by atoms with Crippen LogP contribution in [-0.4, -0.2) is 15.9 Å². The Morgan fingerprint density at radius 1 is 0.933 bits per heavy atom. The topological polar surface area (TPSA) is 62.2 Å².